The minimum absolute atomic E-state index is 0.146. The van der Waals surface area contributed by atoms with Crippen LogP contribution in [0.5, 0.6) is 0 Å². The molecule has 0 bridgehead atoms. The van der Waals surface area contributed by atoms with Gasteiger partial charge in [-0.15, -0.1) is 0 Å². The number of aliphatic hydroxyl groups is 1. The Hall–Kier alpha value is -2.72. The summed E-state index contributed by atoms with van der Waals surface area (Å²) in [5.74, 6) is -2.89. The van der Waals surface area contributed by atoms with E-state index in [1.54, 1.807) is 0 Å². The number of sulfonamides is 1. The summed E-state index contributed by atoms with van der Waals surface area (Å²) in [7, 11) is -4.62. The Kier molecular flexibility index (Phi) is 8.62. The predicted molar refractivity (Wildman–Crippen MR) is 117 cm³/mol. The van der Waals surface area contributed by atoms with E-state index in [1.165, 1.54) is 24.3 Å². The van der Waals surface area contributed by atoms with Gasteiger partial charge in [0, 0.05) is 13.1 Å². The third kappa shape index (κ3) is 6.88. The van der Waals surface area contributed by atoms with Gasteiger partial charge in [-0.05, 0) is 41.8 Å². The van der Waals surface area contributed by atoms with E-state index in [4.69, 9.17) is 4.74 Å². The molecule has 1 unspecified atom stereocenters. The fourth-order valence-corrected chi connectivity index (χ4v) is 4.83. The second kappa shape index (κ2) is 11.4. The van der Waals surface area contributed by atoms with Gasteiger partial charge in [0.1, 0.15) is 17.5 Å². The molecule has 1 N–H and O–H groups in total. The number of halogens is 3. The maximum absolute atomic E-state index is 14.3. The summed E-state index contributed by atoms with van der Waals surface area (Å²) in [6, 6.07) is 17.4. The monoisotopic (exact) mass is 479 g/mol. The fraction of sp³-hybridized carbons (Fsp3) is 0.250. The van der Waals surface area contributed by atoms with Crippen molar-refractivity contribution in [1.29, 1.82) is 0 Å². The average molecular weight is 480 g/mol. The van der Waals surface area contributed by atoms with Gasteiger partial charge in [-0.1, -0.05) is 48.5 Å². The molecule has 3 aromatic carbocycles. The molecule has 0 saturated carbocycles. The van der Waals surface area contributed by atoms with E-state index in [9.17, 15) is 26.7 Å². The maximum Gasteiger partial charge on any atom is 0.249 e. The molecule has 3 rings (SSSR count). The van der Waals surface area contributed by atoms with Crippen molar-refractivity contribution in [3.8, 4) is 0 Å². The lowest BCUT2D eigenvalue weighted by molar-refractivity contribution is 0.0203. The zero-order valence-corrected chi connectivity index (χ0v) is 18.5. The standard InChI is InChI=1S/C24H24F3NO4S/c25-20-11-9-18(10-12-20)13-14-28(33(30,31)24-22(26)7-4-8-23(24)27)15-21(29)17-32-16-19-5-2-1-3-6-19/h1-12,21,29H,13-17H2. The first-order valence-corrected chi connectivity index (χ1v) is 11.7. The molecule has 0 amide bonds. The van der Waals surface area contributed by atoms with Crippen LogP contribution in [0.15, 0.2) is 77.7 Å². The summed E-state index contributed by atoms with van der Waals surface area (Å²) >= 11 is 0. The van der Waals surface area contributed by atoms with Gasteiger partial charge in [-0.2, -0.15) is 4.31 Å². The summed E-state index contributed by atoms with van der Waals surface area (Å²) in [6.07, 6.45) is -1.10. The number of hydrogen-bond acceptors (Lipinski definition) is 4. The van der Waals surface area contributed by atoms with Crippen LogP contribution in [0.25, 0.3) is 0 Å². The van der Waals surface area contributed by atoms with Crippen molar-refractivity contribution in [3.63, 3.8) is 0 Å². The average Bonchev–Trinajstić information content (AvgIpc) is 2.78. The van der Waals surface area contributed by atoms with Crippen LogP contribution >= 0.6 is 0 Å². The highest BCUT2D eigenvalue weighted by atomic mass is 32.2. The number of benzene rings is 3. The van der Waals surface area contributed by atoms with Gasteiger partial charge < -0.3 is 9.84 Å². The molecule has 33 heavy (non-hydrogen) atoms. The highest BCUT2D eigenvalue weighted by Crippen LogP contribution is 2.23. The summed E-state index contributed by atoms with van der Waals surface area (Å²) in [6.45, 7) is -0.594. The number of rotatable bonds is 11. The Bertz CT molecular complexity index is 1120. The Labute approximate surface area is 191 Å². The van der Waals surface area contributed by atoms with E-state index >= 15 is 0 Å². The molecule has 0 aliphatic carbocycles. The van der Waals surface area contributed by atoms with E-state index in [-0.39, 0.29) is 26.2 Å². The predicted octanol–water partition coefficient (Wildman–Crippen LogP) is 3.92. The number of ether oxygens (including phenoxy) is 1. The van der Waals surface area contributed by atoms with E-state index in [0.717, 1.165) is 28.1 Å². The van der Waals surface area contributed by atoms with Crippen molar-refractivity contribution in [2.75, 3.05) is 19.7 Å². The molecule has 0 fully saturated rings. The highest BCUT2D eigenvalue weighted by molar-refractivity contribution is 7.89. The smallest absolute Gasteiger partial charge is 0.249 e. The van der Waals surface area contributed by atoms with Crippen molar-refractivity contribution in [2.24, 2.45) is 0 Å². The molecule has 0 heterocycles. The summed E-state index contributed by atoms with van der Waals surface area (Å²) in [5, 5.41) is 10.4. The van der Waals surface area contributed by atoms with Crippen molar-refractivity contribution < 1.29 is 31.4 Å². The Morgan fingerprint density at radius 2 is 1.48 bits per heavy atom. The van der Waals surface area contributed by atoms with Gasteiger partial charge in [-0.3, -0.25) is 0 Å². The van der Waals surface area contributed by atoms with Gasteiger partial charge in [0.05, 0.1) is 19.3 Å². The van der Waals surface area contributed by atoms with Crippen LogP contribution in [-0.2, 0) is 27.8 Å². The topological polar surface area (TPSA) is 66.8 Å². The summed E-state index contributed by atoms with van der Waals surface area (Å²) in [4.78, 5) is -1.08. The molecule has 0 aliphatic heterocycles. The SMILES string of the molecule is O=S(=O)(c1c(F)cccc1F)N(CCc1ccc(F)cc1)CC(O)COCc1ccccc1. The van der Waals surface area contributed by atoms with Gasteiger partial charge in [-0.25, -0.2) is 21.6 Å². The van der Waals surface area contributed by atoms with Crippen LogP contribution in [0.1, 0.15) is 11.1 Å². The van der Waals surface area contributed by atoms with Crippen molar-refractivity contribution in [3.05, 3.63) is 101 Å². The largest absolute Gasteiger partial charge is 0.389 e. The fourth-order valence-electron chi connectivity index (χ4n) is 3.25. The lowest BCUT2D eigenvalue weighted by atomic mass is 10.1. The zero-order chi connectivity index (χ0) is 23.8. The minimum atomic E-state index is -4.62. The molecular weight excluding hydrogens is 455 g/mol. The zero-order valence-electron chi connectivity index (χ0n) is 17.7. The van der Waals surface area contributed by atoms with E-state index in [1.807, 2.05) is 30.3 Å². The Morgan fingerprint density at radius 3 is 2.12 bits per heavy atom. The molecule has 0 aliphatic rings. The number of nitrogens with zero attached hydrogens (tertiary/aromatic N) is 1. The third-order valence-corrected chi connectivity index (χ3v) is 6.83. The Morgan fingerprint density at radius 1 is 0.848 bits per heavy atom. The minimum Gasteiger partial charge on any atom is -0.389 e. The lowest BCUT2D eigenvalue weighted by Crippen LogP contribution is -2.41. The summed E-state index contributed by atoms with van der Waals surface area (Å²) < 4.78 is 74.2. The van der Waals surface area contributed by atoms with E-state index in [2.05, 4.69) is 0 Å². The van der Waals surface area contributed by atoms with Crippen LogP contribution in [0.3, 0.4) is 0 Å². The molecular formula is C24H24F3NO4S. The van der Waals surface area contributed by atoms with Gasteiger partial charge >= 0.3 is 0 Å². The number of aliphatic hydroxyl groups excluding tert-OH is 1. The van der Waals surface area contributed by atoms with Gasteiger partial charge in [0.2, 0.25) is 10.0 Å². The molecule has 176 valence electrons. The van der Waals surface area contributed by atoms with Crippen molar-refractivity contribution in [1.82, 2.24) is 4.31 Å². The molecule has 3 aromatic rings. The molecule has 1 atom stereocenters. The third-order valence-electron chi connectivity index (χ3n) is 4.92. The van der Waals surface area contributed by atoms with E-state index < -0.39 is 45.0 Å². The molecule has 0 saturated heterocycles. The summed E-state index contributed by atoms with van der Waals surface area (Å²) in [5.41, 5.74) is 1.50. The first kappa shape index (κ1) is 24.9. The first-order chi connectivity index (χ1) is 15.8. The van der Waals surface area contributed by atoms with Crippen LogP contribution in [-0.4, -0.2) is 43.6 Å². The molecule has 0 radical (unpaired) electrons. The molecule has 0 spiro atoms. The van der Waals surface area contributed by atoms with Crippen LogP contribution in [0.4, 0.5) is 13.2 Å². The molecule has 9 heteroatoms. The Balaban J connectivity index is 1.74. The van der Waals surface area contributed by atoms with Crippen molar-refractivity contribution in [2.45, 2.75) is 24.0 Å². The van der Waals surface area contributed by atoms with Gasteiger partial charge in [0.15, 0.2) is 4.90 Å². The molecule has 0 aromatic heterocycles. The molecule has 5 nitrogen and oxygen atoms in total. The second-order valence-corrected chi connectivity index (χ2v) is 9.32. The first-order valence-electron chi connectivity index (χ1n) is 10.3. The lowest BCUT2D eigenvalue weighted by Gasteiger charge is -2.25. The number of hydrogen-bond donors (Lipinski definition) is 1. The highest BCUT2D eigenvalue weighted by Gasteiger charge is 2.32. The van der Waals surface area contributed by atoms with Crippen LogP contribution < -0.4 is 0 Å². The van der Waals surface area contributed by atoms with Gasteiger partial charge in [0.25, 0.3) is 0 Å². The maximum atomic E-state index is 14.3. The second-order valence-electron chi connectivity index (χ2n) is 7.44. The van der Waals surface area contributed by atoms with Crippen LogP contribution in [0.2, 0.25) is 0 Å². The van der Waals surface area contributed by atoms with Crippen LogP contribution in [0, 0.1) is 17.5 Å². The quantitative estimate of drug-likeness (QED) is 0.453. The normalized spacial score (nSPS) is 12.8. The van der Waals surface area contributed by atoms with E-state index in [0.29, 0.717) is 5.56 Å². The van der Waals surface area contributed by atoms with Crippen molar-refractivity contribution >= 4 is 10.0 Å².